The first kappa shape index (κ1) is 23.3. The summed E-state index contributed by atoms with van der Waals surface area (Å²) >= 11 is 0. The van der Waals surface area contributed by atoms with Crippen molar-refractivity contribution in [3.63, 3.8) is 0 Å². The lowest BCUT2D eigenvalue weighted by molar-refractivity contribution is -0.213. The predicted molar refractivity (Wildman–Crippen MR) is 130 cm³/mol. The lowest BCUT2D eigenvalue weighted by atomic mass is 9.54. The van der Waals surface area contributed by atoms with Crippen molar-refractivity contribution < 1.29 is 24.1 Å². The summed E-state index contributed by atoms with van der Waals surface area (Å²) in [6, 6.07) is 6.65. The van der Waals surface area contributed by atoms with Crippen LogP contribution >= 0.6 is 0 Å². The molecule has 5 unspecified atom stereocenters. The first-order valence-electron chi connectivity index (χ1n) is 14.0. The summed E-state index contributed by atoms with van der Waals surface area (Å²) in [5.74, 6) is 2.95. The Labute approximate surface area is 204 Å². The topological polar surface area (TPSA) is 57.2 Å². The average molecular weight is 471 g/mol. The minimum atomic E-state index is -0.130. The molecule has 1 aromatic rings. The standard InChI is InChI=1S/C29H42O5/c1-29-13-12-22-21-9-8-20(33-27-6-2-4-14-31-27)17-23(21)19(18-30)16-24(22)25(29)10-11-26(29)34-28-7-3-5-15-32-28/h8-9,17,19,22,24-28,30H,2-7,10-16,18H2,1H3/t19-,22?,24?,25?,26+,27?,28?,29+/m1/s1. The summed E-state index contributed by atoms with van der Waals surface area (Å²) in [5.41, 5.74) is 2.98. The third kappa shape index (κ3) is 4.21. The molecule has 1 N–H and O–H groups in total. The molecule has 5 aliphatic rings. The van der Waals surface area contributed by atoms with Gasteiger partial charge in [0.25, 0.3) is 0 Å². The molecule has 5 nitrogen and oxygen atoms in total. The molecule has 2 saturated carbocycles. The molecule has 0 amide bonds. The largest absolute Gasteiger partial charge is 0.465 e. The quantitative estimate of drug-likeness (QED) is 0.581. The Bertz CT molecular complexity index is 845. The van der Waals surface area contributed by atoms with E-state index in [0.717, 1.165) is 63.9 Å². The Kier molecular flexibility index (Phi) is 6.66. The molecule has 6 rings (SSSR count). The van der Waals surface area contributed by atoms with Crippen LogP contribution in [0.4, 0.5) is 0 Å². The third-order valence-electron chi connectivity index (χ3n) is 9.88. The molecule has 1 aromatic carbocycles. The zero-order valence-corrected chi connectivity index (χ0v) is 20.8. The fraction of sp³-hybridized carbons (Fsp3) is 0.793. The Hall–Kier alpha value is -1.14. The zero-order valence-electron chi connectivity index (χ0n) is 20.8. The fourth-order valence-corrected chi connectivity index (χ4v) is 8.08. The molecule has 0 spiro atoms. The summed E-state index contributed by atoms with van der Waals surface area (Å²) in [6.07, 6.45) is 12.7. The van der Waals surface area contributed by atoms with E-state index >= 15 is 0 Å². The molecule has 34 heavy (non-hydrogen) atoms. The van der Waals surface area contributed by atoms with Crippen LogP contribution in [0.15, 0.2) is 18.2 Å². The van der Waals surface area contributed by atoms with E-state index in [2.05, 4.69) is 25.1 Å². The normalized spacial score (nSPS) is 41.9. The highest BCUT2D eigenvalue weighted by Gasteiger charge is 2.56. The maximum atomic E-state index is 10.4. The number of hydrogen-bond donors (Lipinski definition) is 1. The van der Waals surface area contributed by atoms with E-state index in [9.17, 15) is 5.11 Å². The fourth-order valence-electron chi connectivity index (χ4n) is 8.08. The van der Waals surface area contributed by atoms with E-state index in [-0.39, 0.29) is 30.5 Å². The first-order chi connectivity index (χ1) is 16.7. The predicted octanol–water partition coefficient (Wildman–Crippen LogP) is 5.89. The van der Waals surface area contributed by atoms with Gasteiger partial charge in [0.1, 0.15) is 5.75 Å². The molecular formula is C29H42O5. The van der Waals surface area contributed by atoms with Crippen LogP contribution in [0.2, 0.25) is 0 Å². The number of ether oxygens (including phenoxy) is 4. The number of aliphatic hydroxyl groups excluding tert-OH is 1. The number of fused-ring (bicyclic) bond motifs is 5. The van der Waals surface area contributed by atoms with Crippen molar-refractivity contribution >= 4 is 0 Å². The minimum absolute atomic E-state index is 0.00381. The SMILES string of the molecule is C[C@]12CCC3c4ccc(OC5CCCCO5)cc4[C@@H](CO)CC3C1CC[C@@H]2OC1CCCCO1. The Balaban J connectivity index is 1.21. The van der Waals surface area contributed by atoms with Crippen LogP contribution in [0.1, 0.15) is 101 Å². The molecule has 0 bridgehead atoms. The summed E-state index contributed by atoms with van der Waals surface area (Å²) < 4.78 is 24.5. The first-order valence-corrected chi connectivity index (χ1v) is 14.0. The molecule has 2 heterocycles. The van der Waals surface area contributed by atoms with Gasteiger partial charge in [0.15, 0.2) is 12.6 Å². The highest BCUT2D eigenvalue weighted by atomic mass is 16.7. The van der Waals surface area contributed by atoms with Crippen molar-refractivity contribution in [2.45, 2.75) is 108 Å². The molecule has 2 aliphatic heterocycles. The zero-order chi connectivity index (χ0) is 23.1. The van der Waals surface area contributed by atoms with Gasteiger partial charge in [0.05, 0.1) is 12.7 Å². The van der Waals surface area contributed by atoms with Crippen LogP contribution in [-0.2, 0) is 14.2 Å². The van der Waals surface area contributed by atoms with Crippen LogP contribution in [0.3, 0.4) is 0 Å². The third-order valence-corrected chi connectivity index (χ3v) is 9.88. The van der Waals surface area contributed by atoms with Gasteiger partial charge >= 0.3 is 0 Å². The van der Waals surface area contributed by atoms with E-state index in [1.165, 1.54) is 36.8 Å². The van der Waals surface area contributed by atoms with E-state index < -0.39 is 0 Å². The van der Waals surface area contributed by atoms with Gasteiger partial charge in [-0.3, -0.25) is 0 Å². The Morgan fingerprint density at radius 1 is 0.941 bits per heavy atom. The van der Waals surface area contributed by atoms with Gasteiger partial charge in [0, 0.05) is 25.6 Å². The van der Waals surface area contributed by atoms with Crippen molar-refractivity contribution in [2.75, 3.05) is 19.8 Å². The second kappa shape index (κ2) is 9.72. The number of aliphatic hydroxyl groups is 1. The molecule has 0 aromatic heterocycles. The van der Waals surface area contributed by atoms with E-state index in [0.29, 0.717) is 23.9 Å². The van der Waals surface area contributed by atoms with E-state index in [1.54, 1.807) is 0 Å². The smallest absolute Gasteiger partial charge is 0.199 e. The van der Waals surface area contributed by atoms with E-state index in [1.807, 2.05) is 0 Å². The van der Waals surface area contributed by atoms with Crippen LogP contribution in [-0.4, -0.2) is 43.6 Å². The molecule has 4 fully saturated rings. The molecule has 0 radical (unpaired) electrons. The van der Waals surface area contributed by atoms with Crippen molar-refractivity contribution in [1.82, 2.24) is 0 Å². The van der Waals surface area contributed by atoms with Gasteiger partial charge in [-0.2, -0.15) is 0 Å². The molecular weight excluding hydrogens is 428 g/mol. The van der Waals surface area contributed by atoms with Crippen LogP contribution in [0.25, 0.3) is 0 Å². The molecule has 5 heteroatoms. The van der Waals surface area contributed by atoms with Crippen molar-refractivity contribution in [3.05, 3.63) is 29.3 Å². The highest BCUT2D eigenvalue weighted by molar-refractivity contribution is 5.43. The lowest BCUT2D eigenvalue weighted by Gasteiger charge is -2.52. The summed E-state index contributed by atoms with van der Waals surface area (Å²) in [4.78, 5) is 0. The van der Waals surface area contributed by atoms with Gasteiger partial charge in [-0.05, 0) is 111 Å². The van der Waals surface area contributed by atoms with Gasteiger partial charge in [0.2, 0.25) is 0 Å². The highest BCUT2D eigenvalue weighted by Crippen LogP contribution is 2.63. The summed E-state index contributed by atoms with van der Waals surface area (Å²) in [6.45, 7) is 4.32. The van der Waals surface area contributed by atoms with Crippen molar-refractivity contribution in [3.8, 4) is 5.75 Å². The van der Waals surface area contributed by atoms with Crippen molar-refractivity contribution in [2.24, 2.45) is 17.3 Å². The molecule has 3 aliphatic carbocycles. The van der Waals surface area contributed by atoms with Crippen LogP contribution < -0.4 is 4.74 Å². The Morgan fingerprint density at radius 3 is 2.47 bits per heavy atom. The number of hydrogen-bond acceptors (Lipinski definition) is 5. The van der Waals surface area contributed by atoms with Gasteiger partial charge in [-0.15, -0.1) is 0 Å². The molecule has 2 saturated heterocycles. The average Bonchev–Trinajstić information content (AvgIpc) is 3.20. The minimum Gasteiger partial charge on any atom is -0.465 e. The molecule has 188 valence electrons. The lowest BCUT2D eigenvalue weighted by Crippen LogP contribution is -2.46. The van der Waals surface area contributed by atoms with Crippen LogP contribution in [0, 0.1) is 17.3 Å². The van der Waals surface area contributed by atoms with Gasteiger partial charge in [-0.1, -0.05) is 13.0 Å². The Morgan fingerprint density at radius 2 is 1.74 bits per heavy atom. The van der Waals surface area contributed by atoms with Gasteiger partial charge in [-0.25, -0.2) is 0 Å². The maximum Gasteiger partial charge on any atom is 0.199 e. The van der Waals surface area contributed by atoms with Gasteiger partial charge < -0.3 is 24.1 Å². The summed E-state index contributed by atoms with van der Waals surface area (Å²) in [5, 5.41) is 10.4. The number of benzene rings is 1. The van der Waals surface area contributed by atoms with Crippen molar-refractivity contribution in [1.29, 1.82) is 0 Å². The maximum absolute atomic E-state index is 10.4. The number of rotatable bonds is 5. The second-order valence-corrected chi connectivity index (χ2v) is 11.7. The van der Waals surface area contributed by atoms with E-state index in [4.69, 9.17) is 18.9 Å². The van der Waals surface area contributed by atoms with Crippen LogP contribution in [0.5, 0.6) is 5.75 Å². The summed E-state index contributed by atoms with van der Waals surface area (Å²) in [7, 11) is 0. The monoisotopic (exact) mass is 470 g/mol. The second-order valence-electron chi connectivity index (χ2n) is 11.7. The molecule has 8 atom stereocenters.